The van der Waals surface area contributed by atoms with Crippen molar-refractivity contribution in [2.24, 2.45) is 0 Å². The van der Waals surface area contributed by atoms with Gasteiger partial charge in [0.15, 0.2) is 18.2 Å². The highest BCUT2D eigenvalue weighted by Crippen LogP contribution is 2.16. The zero-order chi connectivity index (χ0) is 15.2. The molecular weight excluding hydrogens is 260 g/mol. The number of carbonyl (C=O) groups excluding carboxylic acids is 2. The number of hydrogen-bond acceptors (Lipinski definition) is 5. The molecule has 20 heavy (non-hydrogen) atoms. The number of ether oxygens (including phenoxy) is 1. The van der Waals surface area contributed by atoms with Gasteiger partial charge in [-0.1, -0.05) is 18.7 Å². The van der Waals surface area contributed by atoms with Gasteiger partial charge in [0.2, 0.25) is 0 Å². The Kier molecular flexibility index (Phi) is 5.61. The summed E-state index contributed by atoms with van der Waals surface area (Å²) in [4.78, 5) is 21.7. The van der Waals surface area contributed by atoms with E-state index in [9.17, 15) is 19.8 Å². The van der Waals surface area contributed by atoms with E-state index in [0.29, 0.717) is 12.0 Å². The van der Waals surface area contributed by atoms with Gasteiger partial charge in [-0.15, -0.1) is 0 Å². The molecule has 2 unspecified atom stereocenters. The van der Waals surface area contributed by atoms with Gasteiger partial charge < -0.3 is 19.7 Å². The van der Waals surface area contributed by atoms with Crippen LogP contribution in [0.25, 0.3) is 0 Å². The molecule has 0 fully saturated rings. The normalized spacial score (nSPS) is 14.9. The summed E-state index contributed by atoms with van der Waals surface area (Å²) in [6, 6.07) is 6.69. The third-order valence-electron chi connectivity index (χ3n) is 2.68. The monoisotopic (exact) mass is 278 g/mol. The summed E-state index contributed by atoms with van der Waals surface area (Å²) in [6.07, 6.45) is 0.504. The third-order valence-corrected chi connectivity index (χ3v) is 2.68. The minimum absolute atomic E-state index is 0.156. The average Bonchev–Trinajstić information content (AvgIpc) is 2.45. The van der Waals surface area contributed by atoms with Crippen LogP contribution in [0, 0.1) is 0 Å². The van der Waals surface area contributed by atoms with E-state index in [2.05, 4.69) is 6.58 Å². The molecule has 1 rings (SSSR count). The van der Waals surface area contributed by atoms with E-state index in [1.165, 1.54) is 6.92 Å². The predicted octanol–water partition coefficient (Wildman–Crippen LogP) is 0.674. The van der Waals surface area contributed by atoms with Crippen molar-refractivity contribution < 1.29 is 24.5 Å². The second kappa shape index (κ2) is 6.98. The largest absolute Gasteiger partial charge is 0.490 e. The van der Waals surface area contributed by atoms with Gasteiger partial charge in [-0.25, -0.2) is 0 Å². The summed E-state index contributed by atoms with van der Waals surface area (Å²) in [6.45, 7) is 4.55. The number of hydrogen-bond donors (Lipinski definition) is 2. The molecule has 0 amide bonds. The lowest BCUT2D eigenvalue weighted by molar-refractivity contribution is -0.123. The summed E-state index contributed by atoms with van der Waals surface area (Å²) < 4.78 is 5.25. The first kappa shape index (κ1) is 16.1. The fourth-order valence-corrected chi connectivity index (χ4v) is 1.55. The van der Waals surface area contributed by atoms with E-state index in [4.69, 9.17) is 4.74 Å². The van der Waals surface area contributed by atoms with Crippen LogP contribution in [0.3, 0.4) is 0 Å². The Balaban J connectivity index is 2.57. The molecule has 0 bridgehead atoms. The van der Waals surface area contributed by atoms with Gasteiger partial charge in [0.1, 0.15) is 18.0 Å². The first-order valence-electron chi connectivity index (χ1n) is 6.13. The Hall–Kier alpha value is -1.98. The maximum Gasteiger partial charge on any atom is 0.187 e. The van der Waals surface area contributed by atoms with Crippen LogP contribution in [0.1, 0.15) is 12.5 Å². The molecule has 5 heteroatoms. The van der Waals surface area contributed by atoms with Gasteiger partial charge in [0.25, 0.3) is 0 Å². The number of aldehydes is 1. The SMILES string of the molecule is C=CC(=O)C(O)COc1ccc(CC(C)(O)C=O)cc1. The molecule has 108 valence electrons. The summed E-state index contributed by atoms with van der Waals surface area (Å²) in [7, 11) is 0. The van der Waals surface area contributed by atoms with Crippen molar-refractivity contribution in [2.45, 2.75) is 25.0 Å². The van der Waals surface area contributed by atoms with Crippen molar-refractivity contribution in [1.29, 1.82) is 0 Å². The van der Waals surface area contributed by atoms with Crippen LogP contribution < -0.4 is 4.74 Å². The molecule has 0 aliphatic heterocycles. The predicted molar refractivity (Wildman–Crippen MR) is 73.5 cm³/mol. The zero-order valence-corrected chi connectivity index (χ0v) is 11.3. The lowest BCUT2D eigenvalue weighted by atomic mass is 9.98. The molecular formula is C15H18O5. The number of aliphatic hydroxyl groups is 2. The van der Waals surface area contributed by atoms with Crippen LogP contribution in [0.4, 0.5) is 0 Å². The van der Waals surface area contributed by atoms with Crippen molar-refractivity contribution in [3.05, 3.63) is 42.5 Å². The van der Waals surface area contributed by atoms with Crippen LogP contribution in [-0.2, 0) is 16.0 Å². The number of aliphatic hydroxyl groups excluding tert-OH is 1. The number of benzene rings is 1. The topological polar surface area (TPSA) is 83.8 Å². The second-order valence-electron chi connectivity index (χ2n) is 4.73. The van der Waals surface area contributed by atoms with Gasteiger partial charge in [-0.3, -0.25) is 4.79 Å². The molecule has 0 spiro atoms. The number of ketones is 1. The van der Waals surface area contributed by atoms with E-state index in [0.717, 1.165) is 11.6 Å². The Morgan fingerprint density at radius 1 is 1.45 bits per heavy atom. The third kappa shape index (κ3) is 4.95. The van der Waals surface area contributed by atoms with Crippen molar-refractivity contribution in [3.8, 4) is 5.75 Å². The van der Waals surface area contributed by atoms with Crippen molar-refractivity contribution in [2.75, 3.05) is 6.61 Å². The Labute approximate surface area is 117 Å². The fraction of sp³-hybridized carbons (Fsp3) is 0.333. The van der Waals surface area contributed by atoms with Crippen molar-refractivity contribution >= 4 is 12.1 Å². The van der Waals surface area contributed by atoms with Crippen molar-refractivity contribution in [1.82, 2.24) is 0 Å². The Bertz CT molecular complexity index is 476. The quantitative estimate of drug-likeness (QED) is 0.539. The Morgan fingerprint density at radius 2 is 2.05 bits per heavy atom. The van der Waals surface area contributed by atoms with Crippen LogP contribution in [0.5, 0.6) is 5.75 Å². The second-order valence-corrected chi connectivity index (χ2v) is 4.73. The van der Waals surface area contributed by atoms with Crippen LogP contribution in [0.15, 0.2) is 36.9 Å². The highest BCUT2D eigenvalue weighted by molar-refractivity contribution is 5.92. The van der Waals surface area contributed by atoms with E-state index in [-0.39, 0.29) is 13.0 Å². The highest BCUT2D eigenvalue weighted by Gasteiger charge is 2.19. The van der Waals surface area contributed by atoms with E-state index in [1.807, 2.05) is 0 Å². The Morgan fingerprint density at radius 3 is 2.55 bits per heavy atom. The maximum absolute atomic E-state index is 11.1. The van der Waals surface area contributed by atoms with E-state index >= 15 is 0 Å². The summed E-state index contributed by atoms with van der Waals surface area (Å²) in [5.74, 6) is -0.0148. The van der Waals surface area contributed by atoms with Crippen LogP contribution >= 0.6 is 0 Å². The standard InChI is InChI=1S/C15H18O5/c1-3-13(17)14(18)9-20-12-6-4-11(5-7-12)8-15(2,19)10-16/h3-7,10,14,18-19H,1,8-9H2,2H3. The molecule has 1 aromatic rings. The number of carbonyl (C=O) groups is 2. The molecule has 2 N–H and O–H groups in total. The van der Waals surface area contributed by atoms with Crippen LogP contribution in [0.2, 0.25) is 0 Å². The molecule has 0 aromatic heterocycles. The summed E-state index contributed by atoms with van der Waals surface area (Å²) in [5, 5.41) is 19.0. The van der Waals surface area contributed by atoms with Gasteiger partial charge in [0, 0.05) is 6.42 Å². The average molecular weight is 278 g/mol. The summed E-state index contributed by atoms with van der Waals surface area (Å²) in [5.41, 5.74) is -0.619. The van der Waals surface area contributed by atoms with E-state index in [1.54, 1.807) is 24.3 Å². The zero-order valence-electron chi connectivity index (χ0n) is 11.3. The molecule has 0 heterocycles. The minimum atomic E-state index is -1.39. The molecule has 0 radical (unpaired) electrons. The van der Waals surface area contributed by atoms with Gasteiger partial charge >= 0.3 is 0 Å². The molecule has 1 aromatic carbocycles. The minimum Gasteiger partial charge on any atom is -0.490 e. The van der Waals surface area contributed by atoms with Gasteiger partial charge in [-0.2, -0.15) is 0 Å². The fourth-order valence-electron chi connectivity index (χ4n) is 1.55. The summed E-state index contributed by atoms with van der Waals surface area (Å²) >= 11 is 0. The first-order chi connectivity index (χ1) is 9.38. The molecule has 0 saturated heterocycles. The lowest BCUT2D eigenvalue weighted by Gasteiger charge is -2.16. The number of rotatable bonds is 8. The molecule has 0 aliphatic carbocycles. The first-order valence-corrected chi connectivity index (χ1v) is 6.13. The maximum atomic E-state index is 11.1. The lowest BCUT2D eigenvalue weighted by Crippen LogP contribution is -2.28. The van der Waals surface area contributed by atoms with Crippen molar-refractivity contribution in [3.63, 3.8) is 0 Å². The molecule has 0 saturated carbocycles. The molecule has 2 atom stereocenters. The van der Waals surface area contributed by atoms with E-state index < -0.39 is 17.5 Å². The molecule has 0 aliphatic rings. The smallest absolute Gasteiger partial charge is 0.187 e. The van der Waals surface area contributed by atoms with Gasteiger partial charge in [-0.05, 0) is 30.7 Å². The molecule has 5 nitrogen and oxygen atoms in total. The van der Waals surface area contributed by atoms with Gasteiger partial charge in [0.05, 0.1) is 0 Å². The highest BCUT2D eigenvalue weighted by atomic mass is 16.5. The van der Waals surface area contributed by atoms with Crippen LogP contribution in [-0.4, -0.2) is 40.6 Å².